The highest BCUT2D eigenvalue weighted by Gasteiger charge is 2.15. The average molecular weight is 465 g/mol. The van der Waals surface area contributed by atoms with E-state index in [0.717, 1.165) is 28.0 Å². The van der Waals surface area contributed by atoms with Crippen molar-refractivity contribution in [2.45, 2.75) is 13.0 Å². The van der Waals surface area contributed by atoms with Crippen molar-refractivity contribution >= 4 is 22.4 Å². The van der Waals surface area contributed by atoms with Crippen LogP contribution in [0.3, 0.4) is 0 Å². The molecule has 0 radical (unpaired) electrons. The van der Waals surface area contributed by atoms with Gasteiger partial charge in [0.25, 0.3) is 0 Å². The van der Waals surface area contributed by atoms with Gasteiger partial charge in [0.15, 0.2) is 5.75 Å². The fourth-order valence-electron chi connectivity index (χ4n) is 3.67. The molecule has 0 fully saturated rings. The van der Waals surface area contributed by atoms with Crippen LogP contribution in [-0.4, -0.2) is 63.9 Å². The van der Waals surface area contributed by atoms with E-state index in [-0.39, 0.29) is 13.2 Å². The minimum Gasteiger partial charge on any atom is -0.497 e. The Morgan fingerprint density at radius 1 is 1.00 bits per heavy atom. The van der Waals surface area contributed by atoms with Crippen LogP contribution in [0.5, 0.6) is 11.5 Å². The van der Waals surface area contributed by atoms with E-state index in [1.807, 2.05) is 36.5 Å². The third-order valence-electron chi connectivity index (χ3n) is 5.27. The van der Waals surface area contributed by atoms with Crippen LogP contribution in [0.25, 0.3) is 22.3 Å². The molecule has 3 N–H and O–H groups in total. The first kappa shape index (κ1) is 23.4. The molecule has 34 heavy (non-hydrogen) atoms. The van der Waals surface area contributed by atoms with Crippen LogP contribution in [-0.2, 0) is 6.54 Å². The summed E-state index contributed by atoms with van der Waals surface area (Å²) in [6.07, 6.45) is 5.84. The minimum atomic E-state index is 0.0168. The smallest absolute Gasteiger partial charge is 0.152 e. The molecule has 2 aromatic heterocycles. The SMILES string of the molecule is CNOc1cc(OC)cc(N(CCCO)c2ccc3ncc(-c4cnn(CCO)c4)nc3c2)c1. The number of fused-ring (bicyclic) bond motifs is 1. The molecule has 0 aliphatic carbocycles. The fourth-order valence-corrected chi connectivity index (χ4v) is 3.67. The average Bonchev–Trinajstić information content (AvgIpc) is 3.33. The summed E-state index contributed by atoms with van der Waals surface area (Å²) in [7, 11) is 3.30. The maximum absolute atomic E-state index is 9.49. The van der Waals surface area contributed by atoms with Crippen molar-refractivity contribution in [3.05, 3.63) is 55.0 Å². The van der Waals surface area contributed by atoms with Gasteiger partial charge in [0.05, 0.1) is 49.4 Å². The lowest BCUT2D eigenvalue weighted by atomic mass is 10.2. The van der Waals surface area contributed by atoms with Crippen LogP contribution in [0.4, 0.5) is 11.4 Å². The molecule has 0 amide bonds. The van der Waals surface area contributed by atoms with Crippen LogP contribution >= 0.6 is 0 Å². The molecule has 10 heteroatoms. The van der Waals surface area contributed by atoms with Gasteiger partial charge >= 0.3 is 0 Å². The van der Waals surface area contributed by atoms with Crippen LogP contribution in [0.15, 0.2) is 55.0 Å². The zero-order valence-corrected chi connectivity index (χ0v) is 19.2. The fraction of sp³-hybridized carbons (Fsp3) is 0.292. The molecule has 0 aliphatic heterocycles. The number of anilines is 2. The second-order valence-electron chi connectivity index (χ2n) is 7.55. The molecule has 2 aromatic carbocycles. The molecule has 4 rings (SSSR count). The molecule has 4 aromatic rings. The number of aliphatic hydroxyl groups is 2. The van der Waals surface area contributed by atoms with Crippen LogP contribution < -0.4 is 20.0 Å². The first-order valence-electron chi connectivity index (χ1n) is 11.0. The Bertz CT molecular complexity index is 1250. The van der Waals surface area contributed by atoms with Gasteiger partial charge in [-0.25, -0.2) is 4.98 Å². The van der Waals surface area contributed by atoms with Gasteiger partial charge in [0.1, 0.15) is 5.75 Å². The Morgan fingerprint density at radius 3 is 2.62 bits per heavy atom. The Balaban J connectivity index is 1.74. The third-order valence-corrected chi connectivity index (χ3v) is 5.27. The van der Waals surface area contributed by atoms with E-state index >= 15 is 0 Å². The number of ether oxygens (including phenoxy) is 1. The first-order chi connectivity index (χ1) is 16.6. The number of hydrogen-bond acceptors (Lipinski definition) is 9. The molecular formula is C24H28N6O4. The summed E-state index contributed by atoms with van der Waals surface area (Å²) in [6.45, 7) is 1.08. The van der Waals surface area contributed by atoms with Gasteiger partial charge in [-0.3, -0.25) is 9.67 Å². The highest BCUT2D eigenvalue weighted by atomic mass is 16.6. The Kier molecular flexibility index (Phi) is 7.53. The molecule has 10 nitrogen and oxygen atoms in total. The number of hydrogen-bond donors (Lipinski definition) is 3. The number of hydroxylamine groups is 1. The van der Waals surface area contributed by atoms with Gasteiger partial charge in [0, 0.05) is 61.5 Å². The van der Waals surface area contributed by atoms with E-state index in [2.05, 4.69) is 20.5 Å². The van der Waals surface area contributed by atoms with Gasteiger partial charge in [-0.1, -0.05) is 0 Å². The quantitative estimate of drug-likeness (QED) is 0.288. The Labute approximate surface area is 197 Å². The zero-order chi connectivity index (χ0) is 23.9. The largest absolute Gasteiger partial charge is 0.497 e. The van der Waals surface area contributed by atoms with E-state index in [1.165, 1.54) is 0 Å². The minimum absolute atomic E-state index is 0.0168. The molecule has 0 aliphatic rings. The Hall–Kier alpha value is -3.73. The summed E-state index contributed by atoms with van der Waals surface area (Å²) < 4.78 is 7.13. The number of nitrogens with zero attached hydrogens (tertiary/aromatic N) is 5. The molecule has 0 saturated carbocycles. The molecular weight excluding hydrogens is 436 g/mol. The summed E-state index contributed by atoms with van der Waals surface area (Å²) in [5.41, 5.74) is 7.45. The van der Waals surface area contributed by atoms with E-state index in [9.17, 15) is 5.11 Å². The maximum atomic E-state index is 9.49. The molecule has 0 atom stereocenters. The number of benzene rings is 2. The second kappa shape index (κ2) is 10.9. The first-order valence-corrected chi connectivity index (χ1v) is 11.0. The van der Waals surface area contributed by atoms with Gasteiger partial charge in [-0.2, -0.15) is 10.6 Å². The summed E-state index contributed by atoms with van der Waals surface area (Å²) in [5.74, 6) is 1.26. The third kappa shape index (κ3) is 5.25. The van der Waals surface area contributed by atoms with E-state index in [1.54, 1.807) is 37.3 Å². The predicted molar refractivity (Wildman–Crippen MR) is 129 cm³/mol. The summed E-state index contributed by atoms with van der Waals surface area (Å²) >= 11 is 0. The summed E-state index contributed by atoms with van der Waals surface area (Å²) in [4.78, 5) is 16.9. The Morgan fingerprint density at radius 2 is 1.85 bits per heavy atom. The van der Waals surface area contributed by atoms with Gasteiger partial charge in [0.2, 0.25) is 0 Å². The zero-order valence-electron chi connectivity index (χ0n) is 19.2. The predicted octanol–water partition coefficient (Wildman–Crippen LogP) is 2.53. The van der Waals surface area contributed by atoms with Gasteiger partial charge in [-0.15, -0.1) is 0 Å². The summed E-state index contributed by atoms with van der Waals surface area (Å²) in [5, 5.41) is 22.9. The van der Waals surface area contributed by atoms with Crippen molar-refractivity contribution < 1.29 is 19.8 Å². The topological polar surface area (TPSA) is 118 Å². The number of methoxy groups -OCH3 is 1. The van der Waals surface area contributed by atoms with Gasteiger partial charge in [-0.05, 0) is 24.6 Å². The van der Waals surface area contributed by atoms with Crippen molar-refractivity contribution in [1.29, 1.82) is 0 Å². The van der Waals surface area contributed by atoms with Crippen molar-refractivity contribution in [3.63, 3.8) is 0 Å². The van der Waals surface area contributed by atoms with Gasteiger partial charge < -0.3 is 24.7 Å². The molecule has 178 valence electrons. The van der Waals surface area contributed by atoms with Crippen molar-refractivity contribution in [1.82, 2.24) is 25.2 Å². The van der Waals surface area contributed by atoms with Crippen molar-refractivity contribution in [2.75, 3.05) is 38.8 Å². The molecule has 0 bridgehead atoms. The number of aromatic nitrogens is 4. The van der Waals surface area contributed by atoms with Crippen molar-refractivity contribution in [2.24, 2.45) is 0 Å². The summed E-state index contributed by atoms with van der Waals surface area (Å²) in [6, 6.07) is 11.5. The lowest BCUT2D eigenvalue weighted by Crippen LogP contribution is -2.20. The number of aliphatic hydroxyl groups excluding tert-OH is 2. The molecule has 2 heterocycles. The van der Waals surface area contributed by atoms with E-state index in [4.69, 9.17) is 19.7 Å². The maximum Gasteiger partial charge on any atom is 0.152 e. The highest BCUT2D eigenvalue weighted by Crippen LogP contribution is 2.34. The van der Waals surface area contributed by atoms with E-state index < -0.39 is 0 Å². The second-order valence-corrected chi connectivity index (χ2v) is 7.55. The number of nitrogens with one attached hydrogen (secondary N) is 1. The van der Waals surface area contributed by atoms with Crippen LogP contribution in [0, 0.1) is 0 Å². The monoisotopic (exact) mass is 464 g/mol. The lowest BCUT2D eigenvalue weighted by molar-refractivity contribution is 0.223. The molecule has 0 saturated heterocycles. The molecule has 0 unspecified atom stereocenters. The van der Waals surface area contributed by atoms with Crippen LogP contribution in [0.1, 0.15) is 6.42 Å². The van der Waals surface area contributed by atoms with E-state index in [0.29, 0.717) is 36.7 Å². The highest BCUT2D eigenvalue weighted by molar-refractivity contribution is 5.82. The normalized spacial score (nSPS) is 11.1. The standard InChI is InChI=1S/C24H28N6O4/c1-25-34-21-11-19(10-20(13-21)33-2)30(6-3-8-31)18-4-5-22-23(12-18)28-24(15-26-22)17-14-27-29(16-17)7-9-32/h4-5,10-16,25,31-32H,3,6-9H2,1-2H3. The lowest BCUT2D eigenvalue weighted by Gasteiger charge is -2.26. The molecule has 0 spiro atoms. The number of rotatable bonds is 11. The van der Waals surface area contributed by atoms with Crippen LogP contribution in [0.2, 0.25) is 0 Å². The van der Waals surface area contributed by atoms with Crippen molar-refractivity contribution in [3.8, 4) is 22.8 Å².